The van der Waals surface area contributed by atoms with Gasteiger partial charge in [-0.2, -0.15) is 13.2 Å². The molecule has 0 bridgehead atoms. The number of carbonyl (C=O) groups excluding carboxylic acids is 1. The van der Waals surface area contributed by atoms with Crippen LogP contribution in [0.25, 0.3) is 0 Å². The Morgan fingerprint density at radius 3 is 2.37 bits per heavy atom. The first kappa shape index (κ1) is 15.7. The number of aliphatic carboxylic acids is 1. The maximum absolute atomic E-state index is 12.9. The molecule has 0 radical (unpaired) electrons. The molecule has 0 fully saturated rings. The van der Waals surface area contributed by atoms with Crippen LogP contribution in [0.3, 0.4) is 0 Å². The molecule has 0 amide bonds. The lowest BCUT2D eigenvalue weighted by atomic mass is 9.94. The maximum Gasteiger partial charge on any atom is 0.417 e. The normalized spacial score (nSPS) is 13.1. The summed E-state index contributed by atoms with van der Waals surface area (Å²) in [5, 5.41) is 8.70. The van der Waals surface area contributed by atoms with E-state index in [1.165, 1.54) is 13.0 Å². The monoisotopic (exact) mass is 338 g/mol. The number of alkyl halides is 4. The van der Waals surface area contributed by atoms with Crippen molar-refractivity contribution in [3.8, 4) is 0 Å². The van der Waals surface area contributed by atoms with Crippen LogP contribution < -0.4 is 0 Å². The van der Waals surface area contributed by atoms with E-state index in [1.807, 2.05) is 0 Å². The largest absolute Gasteiger partial charge is 0.481 e. The van der Waals surface area contributed by atoms with Gasteiger partial charge in [-0.1, -0.05) is 28.1 Å². The summed E-state index contributed by atoms with van der Waals surface area (Å²) in [7, 11) is 0. The van der Waals surface area contributed by atoms with Gasteiger partial charge in [0.1, 0.15) is 0 Å². The number of carboxylic acid groups (broad SMARTS) is 1. The van der Waals surface area contributed by atoms with E-state index >= 15 is 0 Å². The van der Waals surface area contributed by atoms with Crippen LogP contribution >= 0.6 is 15.9 Å². The molecular formula is C12H10BrF3O3. The molecule has 0 aliphatic carbocycles. The average Bonchev–Trinajstić information content (AvgIpc) is 2.25. The van der Waals surface area contributed by atoms with Gasteiger partial charge in [0.15, 0.2) is 5.78 Å². The minimum absolute atomic E-state index is 0.140. The third kappa shape index (κ3) is 3.79. The van der Waals surface area contributed by atoms with E-state index < -0.39 is 40.3 Å². The molecule has 0 aliphatic heterocycles. The highest BCUT2D eigenvalue weighted by Gasteiger charge is 2.37. The van der Waals surface area contributed by atoms with Crippen LogP contribution in [0.15, 0.2) is 18.2 Å². The summed E-state index contributed by atoms with van der Waals surface area (Å²) in [5.74, 6) is -2.08. The summed E-state index contributed by atoms with van der Waals surface area (Å²) in [6, 6.07) is 3.08. The Morgan fingerprint density at radius 2 is 1.95 bits per heavy atom. The predicted molar refractivity (Wildman–Crippen MR) is 65.5 cm³/mol. The molecule has 104 valence electrons. The molecule has 0 aromatic heterocycles. The molecule has 0 aliphatic rings. The first-order valence-corrected chi connectivity index (χ1v) is 6.15. The van der Waals surface area contributed by atoms with Crippen LogP contribution in [0.5, 0.6) is 0 Å². The van der Waals surface area contributed by atoms with Crippen molar-refractivity contribution >= 4 is 27.7 Å². The fraction of sp³-hybridized carbons (Fsp3) is 0.333. The Labute approximate surface area is 115 Å². The molecule has 1 unspecified atom stereocenters. The molecule has 1 N–H and O–H groups in total. The second kappa shape index (κ2) is 5.73. The van der Waals surface area contributed by atoms with E-state index in [9.17, 15) is 22.8 Å². The fourth-order valence-electron chi connectivity index (χ4n) is 1.64. The zero-order valence-electron chi connectivity index (χ0n) is 9.79. The number of carboxylic acids is 1. The third-order valence-corrected chi connectivity index (χ3v) is 2.82. The zero-order chi connectivity index (χ0) is 14.8. The Balaban J connectivity index is 3.49. The summed E-state index contributed by atoms with van der Waals surface area (Å²) in [6.45, 7) is 1.39. The second-order valence-electron chi connectivity index (χ2n) is 3.89. The minimum atomic E-state index is -4.71. The Bertz CT molecular complexity index is 509. The van der Waals surface area contributed by atoms with Crippen molar-refractivity contribution in [1.82, 2.24) is 0 Å². The van der Waals surface area contributed by atoms with Crippen molar-refractivity contribution in [2.45, 2.75) is 24.3 Å². The van der Waals surface area contributed by atoms with Crippen molar-refractivity contribution in [1.29, 1.82) is 0 Å². The Kier molecular flexibility index (Phi) is 4.73. The zero-order valence-corrected chi connectivity index (χ0v) is 11.4. The number of rotatable bonds is 4. The molecule has 1 atom stereocenters. The van der Waals surface area contributed by atoms with Gasteiger partial charge in [-0.15, -0.1) is 0 Å². The van der Waals surface area contributed by atoms with Crippen LogP contribution in [-0.4, -0.2) is 21.7 Å². The van der Waals surface area contributed by atoms with Crippen molar-refractivity contribution in [2.75, 3.05) is 0 Å². The van der Waals surface area contributed by atoms with Gasteiger partial charge in [-0.05, 0) is 18.6 Å². The molecule has 7 heteroatoms. The summed E-state index contributed by atoms with van der Waals surface area (Å²) >= 11 is 2.91. The lowest BCUT2D eigenvalue weighted by Crippen LogP contribution is -2.21. The maximum atomic E-state index is 12.9. The number of hydrogen-bond donors (Lipinski definition) is 1. The van der Waals surface area contributed by atoms with E-state index in [1.54, 1.807) is 0 Å². The van der Waals surface area contributed by atoms with E-state index in [4.69, 9.17) is 5.11 Å². The number of ketones is 1. The van der Waals surface area contributed by atoms with Gasteiger partial charge in [-0.25, -0.2) is 0 Å². The standard InChI is InChI=1S/C12H10BrF3O3/c1-6(13)11(19)10-7(5-9(17)18)3-2-4-8(10)12(14,15)16/h2-4,6H,5H2,1H3,(H,17,18). The van der Waals surface area contributed by atoms with E-state index in [0.717, 1.165) is 12.1 Å². The summed E-state index contributed by atoms with van der Waals surface area (Å²) in [5.41, 5.74) is -1.83. The highest BCUT2D eigenvalue weighted by Crippen LogP contribution is 2.34. The molecule has 3 nitrogen and oxygen atoms in total. The average molecular weight is 339 g/mol. The highest BCUT2D eigenvalue weighted by atomic mass is 79.9. The minimum Gasteiger partial charge on any atom is -0.481 e. The summed E-state index contributed by atoms with van der Waals surface area (Å²) in [4.78, 5) is 21.7. The SMILES string of the molecule is CC(Br)C(=O)c1c(CC(=O)O)cccc1C(F)(F)F. The van der Waals surface area contributed by atoms with Gasteiger partial charge in [0.25, 0.3) is 0 Å². The molecule has 1 rings (SSSR count). The van der Waals surface area contributed by atoms with Gasteiger partial charge >= 0.3 is 12.1 Å². The number of benzene rings is 1. The summed E-state index contributed by atoms with van der Waals surface area (Å²) < 4.78 is 38.6. The number of Topliss-reactive ketones (excluding diaryl/α,β-unsaturated/α-hetero) is 1. The lowest BCUT2D eigenvalue weighted by molar-refractivity contribution is -0.139. The number of carbonyl (C=O) groups is 2. The molecule has 0 saturated carbocycles. The summed E-state index contributed by atoms with van der Waals surface area (Å²) in [6.07, 6.45) is -5.34. The van der Waals surface area contributed by atoms with Gasteiger partial charge < -0.3 is 5.11 Å². The van der Waals surface area contributed by atoms with Gasteiger partial charge in [0, 0.05) is 5.56 Å². The van der Waals surface area contributed by atoms with Crippen LogP contribution in [0, 0.1) is 0 Å². The fourth-order valence-corrected chi connectivity index (χ4v) is 1.87. The van der Waals surface area contributed by atoms with Crippen molar-refractivity contribution in [3.05, 3.63) is 34.9 Å². The van der Waals surface area contributed by atoms with Crippen molar-refractivity contribution in [2.24, 2.45) is 0 Å². The highest BCUT2D eigenvalue weighted by molar-refractivity contribution is 9.10. The molecular weight excluding hydrogens is 329 g/mol. The van der Waals surface area contributed by atoms with Crippen LogP contribution in [0.1, 0.15) is 28.4 Å². The number of halogens is 4. The molecule has 0 heterocycles. The van der Waals surface area contributed by atoms with Crippen LogP contribution in [0.4, 0.5) is 13.2 Å². The Hall–Kier alpha value is -1.37. The molecule has 19 heavy (non-hydrogen) atoms. The van der Waals surface area contributed by atoms with Gasteiger partial charge in [0.05, 0.1) is 16.8 Å². The van der Waals surface area contributed by atoms with E-state index in [2.05, 4.69) is 15.9 Å². The number of hydrogen-bond acceptors (Lipinski definition) is 2. The second-order valence-corrected chi connectivity index (χ2v) is 5.26. The van der Waals surface area contributed by atoms with Crippen molar-refractivity contribution < 1.29 is 27.9 Å². The molecule has 1 aromatic carbocycles. The molecule has 0 spiro atoms. The first-order valence-electron chi connectivity index (χ1n) is 5.23. The third-order valence-electron chi connectivity index (χ3n) is 2.41. The van der Waals surface area contributed by atoms with Gasteiger partial charge in [-0.3, -0.25) is 9.59 Å². The smallest absolute Gasteiger partial charge is 0.417 e. The predicted octanol–water partition coefficient (Wildman–Crippen LogP) is 3.30. The van der Waals surface area contributed by atoms with Gasteiger partial charge in [0.2, 0.25) is 0 Å². The topological polar surface area (TPSA) is 54.4 Å². The van der Waals surface area contributed by atoms with E-state index in [0.29, 0.717) is 0 Å². The molecule has 1 aromatic rings. The first-order chi connectivity index (χ1) is 8.64. The van der Waals surface area contributed by atoms with Crippen molar-refractivity contribution in [3.63, 3.8) is 0 Å². The van der Waals surface area contributed by atoms with Crippen LogP contribution in [0.2, 0.25) is 0 Å². The van der Waals surface area contributed by atoms with E-state index in [-0.39, 0.29) is 5.56 Å². The van der Waals surface area contributed by atoms with Crippen LogP contribution in [-0.2, 0) is 17.4 Å². The Morgan fingerprint density at radius 1 is 1.37 bits per heavy atom. The molecule has 0 saturated heterocycles. The quantitative estimate of drug-likeness (QED) is 0.677. The lowest BCUT2D eigenvalue weighted by Gasteiger charge is -2.16.